The van der Waals surface area contributed by atoms with Crippen LogP contribution in [0.5, 0.6) is 11.5 Å². The lowest BCUT2D eigenvalue weighted by Crippen LogP contribution is -2.05. The average molecular weight is 259 g/mol. The zero-order chi connectivity index (χ0) is 13.7. The van der Waals surface area contributed by atoms with Gasteiger partial charge in [0.25, 0.3) is 0 Å². The van der Waals surface area contributed by atoms with Gasteiger partial charge in [0.1, 0.15) is 0 Å². The number of rotatable bonds is 5. The fraction of sp³-hybridized carbons (Fsp3) is 0.267. The monoisotopic (exact) mass is 259 g/mol. The first-order valence-electron chi connectivity index (χ1n) is 6.04. The molecule has 0 spiro atoms. The zero-order valence-corrected chi connectivity index (χ0v) is 11.0. The van der Waals surface area contributed by atoms with Crippen molar-refractivity contribution < 1.29 is 14.6 Å². The van der Waals surface area contributed by atoms with E-state index >= 15 is 0 Å². The van der Waals surface area contributed by atoms with Crippen LogP contribution in [0.4, 0.5) is 0 Å². The van der Waals surface area contributed by atoms with Gasteiger partial charge in [-0.3, -0.25) is 4.98 Å². The molecule has 2 aromatic rings. The number of para-hydroxylation sites is 1. The summed E-state index contributed by atoms with van der Waals surface area (Å²) in [6.45, 7) is 0. The Labute approximate surface area is 112 Å². The molecule has 100 valence electrons. The lowest BCUT2D eigenvalue weighted by Gasteiger charge is -2.17. The number of aliphatic hydroxyl groups excluding tert-OH is 1. The second-order valence-electron chi connectivity index (χ2n) is 4.16. The molecule has 1 unspecified atom stereocenters. The summed E-state index contributed by atoms with van der Waals surface area (Å²) in [4.78, 5) is 4.04. The molecule has 0 aliphatic heterocycles. The third-order valence-electron chi connectivity index (χ3n) is 2.94. The topological polar surface area (TPSA) is 51.6 Å². The molecule has 1 heterocycles. The molecule has 1 atom stereocenters. The van der Waals surface area contributed by atoms with E-state index in [1.165, 1.54) is 0 Å². The summed E-state index contributed by atoms with van der Waals surface area (Å²) in [6, 6.07) is 9.26. The third kappa shape index (κ3) is 3.03. The summed E-state index contributed by atoms with van der Waals surface area (Å²) in [5.74, 6) is 1.19. The molecule has 0 saturated heterocycles. The van der Waals surface area contributed by atoms with Crippen LogP contribution in [0.2, 0.25) is 0 Å². The Bertz CT molecular complexity index is 528. The molecular formula is C15H17NO3. The van der Waals surface area contributed by atoms with Crippen LogP contribution in [0.3, 0.4) is 0 Å². The summed E-state index contributed by atoms with van der Waals surface area (Å²) < 4.78 is 10.6. The van der Waals surface area contributed by atoms with Crippen LogP contribution in [0.1, 0.15) is 17.2 Å². The predicted octanol–water partition coefficient (Wildman–Crippen LogP) is 2.37. The predicted molar refractivity (Wildman–Crippen MR) is 72.4 cm³/mol. The molecule has 19 heavy (non-hydrogen) atoms. The van der Waals surface area contributed by atoms with Crippen molar-refractivity contribution in [1.29, 1.82) is 0 Å². The minimum atomic E-state index is -0.658. The van der Waals surface area contributed by atoms with Crippen LogP contribution in [-0.2, 0) is 6.42 Å². The van der Waals surface area contributed by atoms with Gasteiger partial charge in [-0.1, -0.05) is 18.2 Å². The molecule has 1 aromatic carbocycles. The van der Waals surface area contributed by atoms with Crippen molar-refractivity contribution in [3.63, 3.8) is 0 Å². The van der Waals surface area contributed by atoms with Crippen molar-refractivity contribution >= 4 is 0 Å². The minimum Gasteiger partial charge on any atom is -0.493 e. The maximum Gasteiger partial charge on any atom is 0.166 e. The second kappa shape index (κ2) is 6.20. The van der Waals surface area contributed by atoms with Gasteiger partial charge in [0.05, 0.1) is 20.3 Å². The Morgan fingerprint density at radius 2 is 2.00 bits per heavy atom. The van der Waals surface area contributed by atoms with E-state index < -0.39 is 6.10 Å². The molecule has 0 amide bonds. The lowest BCUT2D eigenvalue weighted by atomic mass is 10.0. The highest BCUT2D eigenvalue weighted by molar-refractivity contribution is 5.47. The molecule has 0 radical (unpaired) electrons. The molecular weight excluding hydrogens is 242 g/mol. The molecule has 2 rings (SSSR count). The average Bonchev–Trinajstić information content (AvgIpc) is 2.47. The van der Waals surface area contributed by atoms with Gasteiger partial charge in [0.2, 0.25) is 0 Å². The van der Waals surface area contributed by atoms with E-state index in [2.05, 4.69) is 4.98 Å². The number of hydrogen-bond donors (Lipinski definition) is 1. The molecule has 0 aliphatic carbocycles. The number of aromatic nitrogens is 1. The Hall–Kier alpha value is -2.07. The maximum atomic E-state index is 10.3. The van der Waals surface area contributed by atoms with E-state index in [1.54, 1.807) is 32.7 Å². The normalized spacial score (nSPS) is 11.9. The first kappa shape index (κ1) is 13.4. The standard InChI is InChI=1S/C15H17NO3/c1-18-14-7-3-6-12(15(14)19-2)13(17)9-11-5-4-8-16-10-11/h3-8,10,13,17H,9H2,1-2H3. The van der Waals surface area contributed by atoms with Crippen LogP contribution >= 0.6 is 0 Å². The van der Waals surface area contributed by atoms with Gasteiger partial charge >= 0.3 is 0 Å². The minimum absolute atomic E-state index is 0.483. The van der Waals surface area contributed by atoms with Crippen LogP contribution in [0.25, 0.3) is 0 Å². The largest absolute Gasteiger partial charge is 0.493 e. The maximum absolute atomic E-state index is 10.3. The fourth-order valence-electron chi connectivity index (χ4n) is 2.03. The van der Waals surface area contributed by atoms with Gasteiger partial charge in [0.15, 0.2) is 11.5 Å². The van der Waals surface area contributed by atoms with Crippen molar-refractivity contribution in [2.24, 2.45) is 0 Å². The van der Waals surface area contributed by atoms with Gasteiger partial charge < -0.3 is 14.6 Å². The van der Waals surface area contributed by atoms with Crippen LogP contribution < -0.4 is 9.47 Å². The summed E-state index contributed by atoms with van der Waals surface area (Å²) >= 11 is 0. The highest BCUT2D eigenvalue weighted by Crippen LogP contribution is 2.35. The summed E-state index contributed by atoms with van der Waals surface area (Å²) in [7, 11) is 3.15. The number of nitrogens with zero attached hydrogens (tertiary/aromatic N) is 1. The van der Waals surface area contributed by atoms with E-state index in [4.69, 9.17) is 9.47 Å². The molecule has 0 saturated carbocycles. The molecule has 1 N–H and O–H groups in total. The smallest absolute Gasteiger partial charge is 0.166 e. The Morgan fingerprint density at radius 3 is 2.63 bits per heavy atom. The van der Waals surface area contributed by atoms with E-state index in [0.717, 1.165) is 5.56 Å². The number of aliphatic hydroxyl groups is 1. The lowest BCUT2D eigenvalue weighted by molar-refractivity contribution is 0.173. The molecule has 0 aliphatic rings. The number of pyridine rings is 1. The quantitative estimate of drug-likeness (QED) is 0.895. The zero-order valence-electron chi connectivity index (χ0n) is 11.0. The Balaban J connectivity index is 2.26. The van der Waals surface area contributed by atoms with Crippen molar-refractivity contribution in [3.05, 3.63) is 53.9 Å². The van der Waals surface area contributed by atoms with E-state index in [1.807, 2.05) is 24.3 Å². The van der Waals surface area contributed by atoms with E-state index in [9.17, 15) is 5.11 Å². The van der Waals surface area contributed by atoms with Gasteiger partial charge in [-0.2, -0.15) is 0 Å². The van der Waals surface area contributed by atoms with Gasteiger partial charge in [0, 0.05) is 24.4 Å². The van der Waals surface area contributed by atoms with Gasteiger partial charge in [-0.25, -0.2) is 0 Å². The molecule has 0 fully saturated rings. The fourth-order valence-corrected chi connectivity index (χ4v) is 2.03. The first-order chi connectivity index (χ1) is 9.26. The summed E-state index contributed by atoms with van der Waals surface area (Å²) in [5, 5.41) is 10.3. The van der Waals surface area contributed by atoms with Crippen LogP contribution in [-0.4, -0.2) is 24.3 Å². The van der Waals surface area contributed by atoms with E-state index in [0.29, 0.717) is 23.5 Å². The number of ether oxygens (including phenoxy) is 2. The SMILES string of the molecule is COc1cccc(C(O)Cc2cccnc2)c1OC. The Morgan fingerprint density at radius 1 is 1.16 bits per heavy atom. The second-order valence-corrected chi connectivity index (χ2v) is 4.16. The first-order valence-corrected chi connectivity index (χ1v) is 6.04. The van der Waals surface area contributed by atoms with Crippen LogP contribution in [0, 0.1) is 0 Å². The molecule has 4 heteroatoms. The number of methoxy groups -OCH3 is 2. The third-order valence-corrected chi connectivity index (χ3v) is 2.94. The molecule has 4 nitrogen and oxygen atoms in total. The van der Waals surface area contributed by atoms with E-state index in [-0.39, 0.29) is 0 Å². The highest BCUT2D eigenvalue weighted by atomic mass is 16.5. The highest BCUT2D eigenvalue weighted by Gasteiger charge is 2.17. The van der Waals surface area contributed by atoms with Crippen molar-refractivity contribution in [1.82, 2.24) is 4.98 Å². The van der Waals surface area contributed by atoms with Crippen molar-refractivity contribution in [2.45, 2.75) is 12.5 Å². The Kier molecular flexibility index (Phi) is 4.36. The van der Waals surface area contributed by atoms with Crippen molar-refractivity contribution in [2.75, 3.05) is 14.2 Å². The molecule has 0 bridgehead atoms. The van der Waals surface area contributed by atoms with Gasteiger partial charge in [-0.05, 0) is 17.7 Å². The molecule has 1 aromatic heterocycles. The van der Waals surface area contributed by atoms with Crippen molar-refractivity contribution in [3.8, 4) is 11.5 Å². The van der Waals surface area contributed by atoms with Gasteiger partial charge in [-0.15, -0.1) is 0 Å². The number of hydrogen-bond acceptors (Lipinski definition) is 4. The number of benzene rings is 1. The van der Waals surface area contributed by atoms with Crippen LogP contribution in [0.15, 0.2) is 42.7 Å². The summed E-state index contributed by atoms with van der Waals surface area (Å²) in [5.41, 5.74) is 1.69. The summed E-state index contributed by atoms with van der Waals surface area (Å²) in [6.07, 6.45) is 3.28.